The van der Waals surface area contributed by atoms with Gasteiger partial charge in [-0.15, -0.1) is 0 Å². The molecule has 10 aromatic rings. The predicted molar refractivity (Wildman–Crippen MR) is 252 cm³/mol. The van der Waals surface area contributed by atoms with Crippen LogP contribution in [-0.2, 0) is 5.41 Å². The lowest BCUT2D eigenvalue weighted by molar-refractivity contribution is 0.374. The van der Waals surface area contributed by atoms with Crippen molar-refractivity contribution in [1.82, 2.24) is 15.0 Å². The van der Waals surface area contributed by atoms with E-state index in [1.165, 1.54) is 22.3 Å². The van der Waals surface area contributed by atoms with Crippen LogP contribution in [0.25, 0.3) is 78.4 Å². The molecule has 3 unspecified atom stereocenters. The molecule has 0 saturated heterocycles. The Bertz CT molecular complexity index is 3500. The lowest BCUT2D eigenvalue weighted by Gasteiger charge is -2.43. The minimum absolute atomic E-state index is 0.209. The van der Waals surface area contributed by atoms with E-state index in [-0.39, 0.29) is 11.8 Å². The van der Waals surface area contributed by atoms with E-state index < -0.39 is 5.41 Å². The summed E-state index contributed by atoms with van der Waals surface area (Å²) in [6, 6.07) is 65.9. The molecule has 2 aliphatic carbocycles. The number of benzene rings is 8. The van der Waals surface area contributed by atoms with E-state index in [9.17, 15) is 0 Å². The van der Waals surface area contributed by atoms with Crippen molar-refractivity contribution in [3.8, 4) is 67.9 Å². The molecule has 0 N–H and O–H groups in total. The van der Waals surface area contributed by atoms with Gasteiger partial charge in [-0.1, -0.05) is 188 Å². The van der Waals surface area contributed by atoms with Crippen LogP contribution in [0.1, 0.15) is 28.2 Å². The van der Waals surface area contributed by atoms with E-state index in [0.29, 0.717) is 17.5 Å². The van der Waals surface area contributed by atoms with Crippen molar-refractivity contribution in [2.75, 3.05) is 0 Å². The topological polar surface area (TPSA) is 61.0 Å². The molecule has 3 aliphatic rings. The number of furan rings is 1. The fourth-order valence-electron chi connectivity index (χ4n) is 10.5. The number of hydrogen-bond acceptors (Lipinski definition) is 5. The molecule has 296 valence electrons. The van der Waals surface area contributed by atoms with Crippen molar-refractivity contribution < 1.29 is 9.15 Å². The van der Waals surface area contributed by atoms with Gasteiger partial charge in [-0.05, 0) is 52.1 Å². The Hall–Kier alpha value is -8.15. The van der Waals surface area contributed by atoms with Crippen LogP contribution in [0, 0.1) is 5.92 Å². The summed E-state index contributed by atoms with van der Waals surface area (Å²) >= 11 is 0. The van der Waals surface area contributed by atoms with Crippen LogP contribution in [0.5, 0.6) is 11.5 Å². The first-order chi connectivity index (χ1) is 31.2. The molecule has 2 aromatic heterocycles. The molecule has 0 amide bonds. The summed E-state index contributed by atoms with van der Waals surface area (Å²) < 4.78 is 13.1. The van der Waals surface area contributed by atoms with Gasteiger partial charge in [0.15, 0.2) is 17.5 Å². The molecule has 8 aromatic carbocycles. The Morgan fingerprint density at radius 3 is 1.79 bits per heavy atom. The monoisotopic (exact) mass is 807 g/mol. The fraction of sp³-hybridized carbons (Fsp3) is 0.0517. The molecule has 0 fully saturated rings. The zero-order chi connectivity index (χ0) is 41.5. The van der Waals surface area contributed by atoms with Crippen LogP contribution in [-0.4, -0.2) is 15.0 Å². The van der Waals surface area contributed by atoms with Crippen molar-refractivity contribution in [2.24, 2.45) is 5.92 Å². The third-order valence-electron chi connectivity index (χ3n) is 13.3. The first-order valence-corrected chi connectivity index (χ1v) is 21.5. The molecule has 63 heavy (non-hydrogen) atoms. The highest BCUT2D eigenvalue weighted by Gasteiger charge is 2.56. The van der Waals surface area contributed by atoms with Crippen LogP contribution >= 0.6 is 0 Å². The summed E-state index contributed by atoms with van der Waals surface area (Å²) in [6.45, 7) is 0. The number of hydrogen-bond donors (Lipinski definition) is 0. The van der Waals surface area contributed by atoms with Crippen molar-refractivity contribution in [2.45, 2.75) is 11.3 Å². The number of aromatic nitrogens is 3. The average molecular weight is 808 g/mol. The normalized spacial score (nSPS) is 17.9. The van der Waals surface area contributed by atoms with Gasteiger partial charge in [0.2, 0.25) is 0 Å². The molecule has 1 spiro atoms. The SMILES string of the molecule is C1=CC2c3ccccc3C3(c4ccccc4Oc4ccc(-c5ccc(-c6nc(-c7ccccc7)nc(-c7ccc(-c8cccc9c8oc8ccccc89)cc7)n6)cc5)cc43)C2C=C1. The Morgan fingerprint density at radius 2 is 1.00 bits per heavy atom. The van der Waals surface area contributed by atoms with E-state index in [4.69, 9.17) is 24.1 Å². The largest absolute Gasteiger partial charge is 0.457 e. The van der Waals surface area contributed by atoms with E-state index in [2.05, 4.69) is 170 Å². The van der Waals surface area contributed by atoms with E-state index in [1.54, 1.807) is 0 Å². The summed E-state index contributed by atoms with van der Waals surface area (Å²) in [5.41, 5.74) is 13.6. The van der Waals surface area contributed by atoms with Gasteiger partial charge in [0.05, 0.1) is 5.41 Å². The molecule has 3 heterocycles. The van der Waals surface area contributed by atoms with Crippen LogP contribution in [0.15, 0.2) is 217 Å². The molecular formula is C58H37N3O2. The van der Waals surface area contributed by atoms with Gasteiger partial charge in [-0.2, -0.15) is 0 Å². The minimum Gasteiger partial charge on any atom is -0.457 e. The standard InChI is InChI=1S/C58H37N3O2/c1-2-13-38(14-3-1)55-59-56(61-57(60-55)40-31-27-37(28-32-40)42-18-12-19-46-45-17-6-10-23-51(45)63-54(42)46)39-29-25-36(26-30-39)41-33-34-53-50(35-41)58(49-22-9-11-24-52(49)62-53)47-20-7-4-15-43(47)44-16-5-8-21-48(44)58/h1-35,43,47H. The Kier molecular flexibility index (Phi) is 7.88. The van der Waals surface area contributed by atoms with Crippen LogP contribution in [0.4, 0.5) is 0 Å². The first-order valence-electron chi connectivity index (χ1n) is 21.5. The number of fused-ring (bicyclic) bond motifs is 12. The van der Waals surface area contributed by atoms with Gasteiger partial charge >= 0.3 is 0 Å². The second kappa shape index (κ2) is 13.9. The molecule has 5 nitrogen and oxygen atoms in total. The van der Waals surface area contributed by atoms with Crippen molar-refractivity contribution in [3.63, 3.8) is 0 Å². The average Bonchev–Trinajstić information content (AvgIpc) is 3.89. The molecule has 0 saturated carbocycles. The van der Waals surface area contributed by atoms with Gasteiger partial charge in [0, 0.05) is 56.0 Å². The third-order valence-corrected chi connectivity index (χ3v) is 13.3. The van der Waals surface area contributed by atoms with Crippen molar-refractivity contribution in [1.29, 1.82) is 0 Å². The molecule has 5 heteroatoms. The second-order valence-electron chi connectivity index (χ2n) is 16.6. The number of rotatable bonds is 5. The minimum atomic E-state index is -0.406. The summed E-state index contributed by atoms with van der Waals surface area (Å²) in [6.07, 6.45) is 9.18. The molecule has 0 bridgehead atoms. The molecule has 0 radical (unpaired) electrons. The van der Waals surface area contributed by atoms with E-state index >= 15 is 0 Å². The van der Waals surface area contributed by atoms with Gasteiger partial charge in [-0.25, -0.2) is 15.0 Å². The Morgan fingerprint density at radius 1 is 0.413 bits per heavy atom. The summed E-state index contributed by atoms with van der Waals surface area (Å²) in [7, 11) is 0. The summed E-state index contributed by atoms with van der Waals surface area (Å²) in [4.78, 5) is 15.2. The quantitative estimate of drug-likeness (QED) is 0.173. The zero-order valence-electron chi connectivity index (χ0n) is 34.0. The van der Waals surface area contributed by atoms with E-state index in [1.807, 2.05) is 42.5 Å². The highest BCUT2D eigenvalue weighted by atomic mass is 16.5. The summed E-state index contributed by atoms with van der Waals surface area (Å²) in [5, 5.41) is 2.22. The lowest BCUT2D eigenvalue weighted by atomic mass is 9.61. The third kappa shape index (κ3) is 5.46. The highest BCUT2D eigenvalue weighted by Crippen LogP contribution is 2.64. The van der Waals surface area contributed by atoms with Gasteiger partial charge in [0.25, 0.3) is 0 Å². The smallest absolute Gasteiger partial charge is 0.164 e. The number of para-hydroxylation sites is 3. The van der Waals surface area contributed by atoms with Crippen molar-refractivity contribution >= 4 is 21.9 Å². The maximum Gasteiger partial charge on any atom is 0.164 e. The van der Waals surface area contributed by atoms with E-state index in [0.717, 1.165) is 72.4 Å². The predicted octanol–water partition coefficient (Wildman–Crippen LogP) is 14.4. The highest BCUT2D eigenvalue weighted by molar-refractivity contribution is 6.09. The van der Waals surface area contributed by atoms with Gasteiger partial charge in [0.1, 0.15) is 22.7 Å². The second-order valence-corrected chi connectivity index (χ2v) is 16.6. The zero-order valence-corrected chi connectivity index (χ0v) is 34.0. The molecular weight excluding hydrogens is 771 g/mol. The van der Waals surface area contributed by atoms with Crippen LogP contribution in [0.3, 0.4) is 0 Å². The van der Waals surface area contributed by atoms with Gasteiger partial charge < -0.3 is 9.15 Å². The van der Waals surface area contributed by atoms with Gasteiger partial charge in [-0.3, -0.25) is 0 Å². The maximum absolute atomic E-state index is 6.71. The molecule has 3 atom stereocenters. The fourth-order valence-corrected chi connectivity index (χ4v) is 10.5. The maximum atomic E-state index is 6.71. The first kappa shape index (κ1) is 35.6. The Balaban J connectivity index is 0.884. The molecule has 1 aliphatic heterocycles. The van der Waals surface area contributed by atoms with Crippen LogP contribution < -0.4 is 4.74 Å². The summed E-state index contributed by atoms with van der Waals surface area (Å²) in [5.74, 6) is 4.15. The van der Waals surface area contributed by atoms with Crippen molar-refractivity contribution in [3.05, 3.63) is 235 Å². The molecule has 13 rings (SSSR count). The van der Waals surface area contributed by atoms with Crippen LogP contribution in [0.2, 0.25) is 0 Å². The lowest BCUT2D eigenvalue weighted by Crippen LogP contribution is -2.37. The number of nitrogens with zero attached hydrogens (tertiary/aromatic N) is 3. The number of ether oxygens (including phenoxy) is 1. The number of allylic oxidation sites excluding steroid dienone is 4. The Labute approximate surface area is 364 Å².